The minimum absolute atomic E-state index is 0.0678. The van der Waals surface area contributed by atoms with Crippen molar-refractivity contribution in [3.8, 4) is 0 Å². The Morgan fingerprint density at radius 1 is 1.03 bits per heavy atom. The zero-order chi connectivity index (χ0) is 23.1. The maximum atomic E-state index is 13.9. The first kappa shape index (κ1) is 21.1. The molecule has 1 amide bonds. The van der Waals surface area contributed by atoms with Gasteiger partial charge in [-0.05, 0) is 36.5 Å². The number of non-ortho nitro benzene ring substituents is 1. The predicted molar refractivity (Wildman–Crippen MR) is 123 cm³/mol. The Hall–Kier alpha value is -2.77. The van der Waals surface area contributed by atoms with Crippen LogP contribution in [0.5, 0.6) is 0 Å². The van der Waals surface area contributed by atoms with Crippen LogP contribution < -0.4 is 5.32 Å². The normalized spacial score (nSPS) is 25.0. The second-order valence-electron chi connectivity index (χ2n) is 9.26. The fourth-order valence-corrected chi connectivity index (χ4v) is 6.04. The first-order valence-corrected chi connectivity index (χ1v) is 11.0. The monoisotopic (exact) mass is 470 g/mol. The molecule has 1 aromatic heterocycles. The number of nitrogens with zero attached hydrogens (tertiary/aromatic N) is 3. The summed E-state index contributed by atoms with van der Waals surface area (Å²) in [6.45, 7) is 6.23. The van der Waals surface area contributed by atoms with Crippen LogP contribution in [-0.2, 0) is 15.6 Å². The number of anilines is 1. The standard InChI is InChI=1S/C23H20Cl2N4O3/c1-21(2)22(3)9-10-23(21,20(30)28-17-13(24)5-4-6-14(17)25)19-18(22)26-15-8-7-12(29(31)32)11-16(15)27-19/h4-8,11H,9-10H2,1-3H3,(H,28,30). The van der Waals surface area contributed by atoms with Crippen LogP contribution in [0.4, 0.5) is 11.4 Å². The average Bonchev–Trinajstić information content (AvgIpc) is 3.04. The first-order valence-electron chi connectivity index (χ1n) is 10.3. The summed E-state index contributed by atoms with van der Waals surface area (Å²) in [5, 5.41) is 14.9. The Bertz CT molecular complexity index is 1320. The Morgan fingerprint density at radius 3 is 2.34 bits per heavy atom. The van der Waals surface area contributed by atoms with Gasteiger partial charge >= 0.3 is 0 Å². The minimum Gasteiger partial charge on any atom is -0.323 e. The van der Waals surface area contributed by atoms with Gasteiger partial charge in [-0.2, -0.15) is 0 Å². The van der Waals surface area contributed by atoms with E-state index in [1.807, 2.05) is 0 Å². The molecule has 0 radical (unpaired) electrons. The van der Waals surface area contributed by atoms with Crippen molar-refractivity contribution in [1.82, 2.24) is 9.97 Å². The van der Waals surface area contributed by atoms with Crippen LogP contribution in [0.25, 0.3) is 11.0 Å². The molecule has 2 aliphatic carbocycles. The van der Waals surface area contributed by atoms with E-state index in [-0.39, 0.29) is 17.0 Å². The van der Waals surface area contributed by atoms with E-state index in [1.165, 1.54) is 12.1 Å². The molecular weight excluding hydrogens is 451 g/mol. The van der Waals surface area contributed by atoms with E-state index in [4.69, 9.17) is 33.2 Å². The molecule has 2 bridgehead atoms. The number of nitro benzene ring substituents is 1. The summed E-state index contributed by atoms with van der Waals surface area (Å²) in [5.74, 6) is -0.251. The van der Waals surface area contributed by atoms with Gasteiger partial charge in [-0.1, -0.05) is 50.0 Å². The molecule has 1 fully saturated rings. The lowest BCUT2D eigenvalue weighted by atomic mass is 9.63. The van der Waals surface area contributed by atoms with Gasteiger partial charge in [0.2, 0.25) is 5.91 Å². The van der Waals surface area contributed by atoms with Crippen LogP contribution in [0.2, 0.25) is 10.0 Å². The van der Waals surface area contributed by atoms with Crippen LogP contribution in [0.3, 0.4) is 0 Å². The highest BCUT2D eigenvalue weighted by Gasteiger charge is 2.73. The lowest BCUT2D eigenvalue weighted by molar-refractivity contribution is -0.384. The van der Waals surface area contributed by atoms with E-state index in [0.717, 1.165) is 12.1 Å². The molecule has 32 heavy (non-hydrogen) atoms. The van der Waals surface area contributed by atoms with Gasteiger partial charge in [0, 0.05) is 17.5 Å². The third-order valence-electron chi connectivity index (χ3n) is 7.82. The molecular formula is C23H20Cl2N4O3. The molecule has 1 N–H and O–H groups in total. The van der Waals surface area contributed by atoms with Crippen LogP contribution in [0, 0.1) is 15.5 Å². The second-order valence-corrected chi connectivity index (χ2v) is 10.1. The summed E-state index contributed by atoms with van der Waals surface area (Å²) < 4.78 is 0. The van der Waals surface area contributed by atoms with Crippen molar-refractivity contribution in [3.05, 3.63) is 67.9 Å². The van der Waals surface area contributed by atoms with E-state index < -0.39 is 15.8 Å². The number of aromatic nitrogens is 2. The lowest BCUT2D eigenvalue weighted by Crippen LogP contribution is -2.48. The molecule has 5 rings (SSSR count). The fourth-order valence-electron chi connectivity index (χ4n) is 5.54. The lowest BCUT2D eigenvalue weighted by Gasteiger charge is -2.39. The van der Waals surface area contributed by atoms with Crippen molar-refractivity contribution in [2.24, 2.45) is 5.41 Å². The number of fused-ring (bicyclic) bond motifs is 6. The highest BCUT2D eigenvalue weighted by Crippen LogP contribution is 2.70. The van der Waals surface area contributed by atoms with Crippen LogP contribution in [0.1, 0.15) is 45.0 Å². The van der Waals surface area contributed by atoms with Gasteiger partial charge in [-0.3, -0.25) is 14.9 Å². The fraction of sp³-hybridized carbons (Fsp3) is 0.348. The molecule has 9 heteroatoms. The van der Waals surface area contributed by atoms with E-state index in [9.17, 15) is 14.9 Å². The molecule has 0 aliphatic heterocycles. The summed E-state index contributed by atoms with van der Waals surface area (Å²) in [5.41, 5.74) is 0.734. The summed E-state index contributed by atoms with van der Waals surface area (Å²) in [6.07, 6.45) is 1.34. The number of para-hydroxylation sites is 1. The molecule has 1 saturated carbocycles. The van der Waals surface area contributed by atoms with Gasteiger partial charge in [0.05, 0.1) is 48.5 Å². The number of rotatable bonds is 3. The number of amides is 1. The van der Waals surface area contributed by atoms with Crippen LogP contribution >= 0.6 is 23.2 Å². The van der Waals surface area contributed by atoms with Gasteiger partial charge in [-0.15, -0.1) is 0 Å². The quantitative estimate of drug-likeness (QED) is 0.384. The molecule has 2 aliphatic rings. The summed E-state index contributed by atoms with van der Waals surface area (Å²) >= 11 is 12.6. The van der Waals surface area contributed by atoms with Gasteiger partial charge in [0.1, 0.15) is 0 Å². The second kappa shape index (κ2) is 6.62. The Kier molecular flexibility index (Phi) is 4.36. The maximum Gasteiger partial charge on any atom is 0.271 e. The van der Waals surface area contributed by atoms with Gasteiger partial charge in [-0.25, -0.2) is 9.97 Å². The highest BCUT2D eigenvalue weighted by molar-refractivity contribution is 6.39. The molecule has 0 spiro atoms. The number of hydrogen-bond donors (Lipinski definition) is 1. The predicted octanol–water partition coefficient (Wildman–Crippen LogP) is 5.81. The zero-order valence-electron chi connectivity index (χ0n) is 17.7. The Balaban J connectivity index is 1.72. The van der Waals surface area contributed by atoms with Crippen molar-refractivity contribution >= 4 is 51.5 Å². The number of carbonyl (C=O) groups excluding carboxylic acids is 1. The highest BCUT2D eigenvalue weighted by atomic mass is 35.5. The molecule has 1 heterocycles. The number of hydrogen-bond acceptors (Lipinski definition) is 5. The van der Waals surface area contributed by atoms with Crippen molar-refractivity contribution in [2.75, 3.05) is 5.32 Å². The molecule has 164 valence electrons. The Labute approximate surface area is 194 Å². The van der Waals surface area contributed by atoms with E-state index in [0.29, 0.717) is 38.9 Å². The van der Waals surface area contributed by atoms with Crippen molar-refractivity contribution in [2.45, 2.75) is 44.4 Å². The largest absolute Gasteiger partial charge is 0.323 e. The number of nitrogens with one attached hydrogen (secondary N) is 1. The van der Waals surface area contributed by atoms with Gasteiger partial charge < -0.3 is 5.32 Å². The summed E-state index contributed by atoms with van der Waals surface area (Å²) in [7, 11) is 0. The smallest absolute Gasteiger partial charge is 0.271 e. The summed E-state index contributed by atoms with van der Waals surface area (Å²) in [6, 6.07) is 9.48. The number of benzene rings is 2. The van der Waals surface area contributed by atoms with Crippen molar-refractivity contribution < 1.29 is 9.72 Å². The van der Waals surface area contributed by atoms with Crippen molar-refractivity contribution in [1.29, 1.82) is 0 Å². The molecule has 7 nitrogen and oxygen atoms in total. The van der Waals surface area contributed by atoms with E-state index in [1.54, 1.807) is 24.3 Å². The van der Waals surface area contributed by atoms with Gasteiger partial charge in [0.15, 0.2) is 0 Å². The number of halogens is 2. The number of carbonyl (C=O) groups is 1. The average molecular weight is 471 g/mol. The third-order valence-corrected chi connectivity index (χ3v) is 8.45. The van der Waals surface area contributed by atoms with Crippen LogP contribution in [0.15, 0.2) is 36.4 Å². The number of nitro groups is 1. The van der Waals surface area contributed by atoms with E-state index in [2.05, 4.69) is 26.1 Å². The topological polar surface area (TPSA) is 98.0 Å². The molecule has 3 aromatic rings. The van der Waals surface area contributed by atoms with Crippen molar-refractivity contribution in [3.63, 3.8) is 0 Å². The molecule has 2 atom stereocenters. The SMILES string of the molecule is CC12CCC(C(=O)Nc3c(Cl)cccc3Cl)(c3nc4cc([N+](=O)[O-])ccc4nc31)C2(C)C. The van der Waals surface area contributed by atoms with Gasteiger partial charge in [0.25, 0.3) is 5.69 Å². The van der Waals surface area contributed by atoms with E-state index >= 15 is 0 Å². The third kappa shape index (κ3) is 2.46. The molecule has 0 saturated heterocycles. The molecule has 2 aromatic carbocycles. The first-order chi connectivity index (χ1) is 15.0. The summed E-state index contributed by atoms with van der Waals surface area (Å²) in [4.78, 5) is 34.4. The maximum absolute atomic E-state index is 13.9. The Morgan fingerprint density at radius 2 is 1.69 bits per heavy atom. The molecule has 2 unspecified atom stereocenters. The zero-order valence-corrected chi connectivity index (χ0v) is 19.2. The van der Waals surface area contributed by atoms with Crippen LogP contribution in [-0.4, -0.2) is 20.8 Å². The minimum atomic E-state index is -0.981.